The van der Waals surface area contributed by atoms with Gasteiger partial charge in [0.2, 0.25) is 0 Å². The highest BCUT2D eigenvalue weighted by molar-refractivity contribution is 7.46. The van der Waals surface area contributed by atoms with Gasteiger partial charge in [-0.3, -0.25) is 9.32 Å². The number of carbonyl (C=O) groups is 1. The lowest BCUT2D eigenvalue weighted by Crippen LogP contribution is -2.36. The Morgan fingerprint density at radius 2 is 1.36 bits per heavy atom. The van der Waals surface area contributed by atoms with Crippen molar-refractivity contribution in [1.82, 2.24) is 0 Å². The van der Waals surface area contributed by atoms with Crippen LogP contribution in [0.25, 0.3) is 0 Å². The molecule has 0 rings (SSSR count). The summed E-state index contributed by atoms with van der Waals surface area (Å²) in [5, 5.41) is 0. The number of ether oxygens (including phenoxy) is 1. The predicted molar refractivity (Wildman–Crippen MR) is 98.0 cm³/mol. The van der Waals surface area contributed by atoms with E-state index in [1.165, 1.54) is 57.8 Å². The minimum Gasteiger partial charge on any atom is -0.464 e. The molecule has 0 spiro atoms. The number of unbranched alkanes of at least 4 members (excludes halogenated alkanes) is 11. The smallest absolute Gasteiger partial charge is 0.464 e. The summed E-state index contributed by atoms with van der Waals surface area (Å²) in [5.74, 6) is -0.698. The topological polar surface area (TPSA) is 119 Å². The predicted octanol–water partition coefficient (Wildman–Crippen LogP) is 3.67. The van der Waals surface area contributed by atoms with Gasteiger partial charge in [-0.1, -0.05) is 77.6 Å². The van der Waals surface area contributed by atoms with Gasteiger partial charge in [0.25, 0.3) is 0 Å². The number of hydrogen-bond donors (Lipinski definition) is 3. The minimum atomic E-state index is -4.61. The summed E-state index contributed by atoms with van der Waals surface area (Å²) in [6.07, 6.45) is 14.7. The Kier molecular flexibility index (Phi) is 15.5. The highest BCUT2D eigenvalue weighted by Gasteiger charge is 2.21. The summed E-state index contributed by atoms with van der Waals surface area (Å²) >= 11 is 0. The van der Waals surface area contributed by atoms with E-state index in [9.17, 15) is 9.36 Å². The van der Waals surface area contributed by atoms with Gasteiger partial charge in [-0.2, -0.15) is 0 Å². The molecule has 0 aromatic rings. The molecule has 0 heterocycles. The first-order valence-electron chi connectivity index (χ1n) is 9.49. The van der Waals surface area contributed by atoms with Crippen LogP contribution in [-0.4, -0.2) is 35.0 Å². The van der Waals surface area contributed by atoms with Crippen LogP contribution in [0.1, 0.15) is 84.0 Å². The molecule has 0 aromatic heterocycles. The van der Waals surface area contributed by atoms with Gasteiger partial charge >= 0.3 is 13.8 Å². The molecule has 0 aliphatic carbocycles. The van der Waals surface area contributed by atoms with Crippen LogP contribution in [0.2, 0.25) is 0 Å². The number of nitrogens with two attached hydrogens (primary N) is 1. The highest BCUT2D eigenvalue weighted by Crippen LogP contribution is 2.35. The SMILES string of the molecule is CCCCCCCCCCCCCCOC(=O)[C@H](N)COP(=O)(O)O. The van der Waals surface area contributed by atoms with Crippen LogP contribution in [0.3, 0.4) is 0 Å². The molecule has 0 saturated carbocycles. The molecule has 7 nitrogen and oxygen atoms in total. The number of phosphoric ester groups is 1. The van der Waals surface area contributed by atoms with Crippen molar-refractivity contribution in [3.05, 3.63) is 0 Å². The lowest BCUT2D eigenvalue weighted by Gasteiger charge is -2.12. The molecule has 0 saturated heterocycles. The van der Waals surface area contributed by atoms with Gasteiger partial charge < -0.3 is 20.3 Å². The third kappa shape index (κ3) is 18.1. The van der Waals surface area contributed by atoms with Crippen molar-refractivity contribution < 1.29 is 28.4 Å². The Hall–Kier alpha value is -0.460. The van der Waals surface area contributed by atoms with Gasteiger partial charge in [-0.25, -0.2) is 4.57 Å². The molecular weight excluding hydrogens is 345 g/mol. The van der Waals surface area contributed by atoms with Crippen molar-refractivity contribution in [3.8, 4) is 0 Å². The monoisotopic (exact) mass is 381 g/mol. The summed E-state index contributed by atoms with van der Waals surface area (Å²) in [6, 6.07) is -1.18. The first kappa shape index (κ1) is 24.5. The molecule has 4 N–H and O–H groups in total. The summed E-state index contributed by atoms with van der Waals surface area (Å²) in [7, 11) is -4.61. The zero-order valence-corrected chi connectivity index (χ0v) is 16.4. The molecule has 1 atom stereocenters. The van der Waals surface area contributed by atoms with E-state index in [-0.39, 0.29) is 6.61 Å². The fourth-order valence-electron chi connectivity index (χ4n) is 2.47. The Morgan fingerprint density at radius 3 is 1.80 bits per heavy atom. The maximum Gasteiger partial charge on any atom is 0.469 e. The third-order valence-electron chi connectivity index (χ3n) is 3.97. The number of rotatable bonds is 17. The number of carbonyl (C=O) groups excluding carboxylic acids is 1. The van der Waals surface area contributed by atoms with Gasteiger partial charge in [0.1, 0.15) is 6.04 Å². The molecule has 0 amide bonds. The Labute approximate surface area is 151 Å². The molecule has 0 aromatic carbocycles. The Balaban J connectivity index is 3.35. The van der Waals surface area contributed by atoms with Crippen LogP contribution in [0.15, 0.2) is 0 Å². The highest BCUT2D eigenvalue weighted by atomic mass is 31.2. The zero-order valence-electron chi connectivity index (χ0n) is 15.5. The van der Waals surface area contributed by atoms with Crippen LogP contribution in [0, 0.1) is 0 Å². The van der Waals surface area contributed by atoms with E-state index in [0.717, 1.165) is 19.3 Å². The molecule has 25 heavy (non-hydrogen) atoms. The van der Waals surface area contributed by atoms with Gasteiger partial charge in [0, 0.05) is 0 Å². The fraction of sp³-hybridized carbons (Fsp3) is 0.941. The average Bonchev–Trinajstić information content (AvgIpc) is 2.56. The van der Waals surface area contributed by atoms with Crippen LogP contribution in [0.5, 0.6) is 0 Å². The van der Waals surface area contributed by atoms with Crippen molar-refractivity contribution in [1.29, 1.82) is 0 Å². The van der Waals surface area contributed by atoms with Crippen LogP contribution >= 0.6 is 7.82 Å². The van der Waals surface area contributed by atoms with Gasteiger partial charge in [-0.05, 0) is 6.42 Å². The zero-order chi connectivity index (χ0) is 19.0. The first-order chi connectivity index (χ1) is 11.9. The Morgan fingerprint density at radius 1 is 0.920 bits per heavy atom. The van der Waals surface area contributed by atoms with Gasteiger partial charge in [0.15, 0.2) is 0 Å². The number of esters is 1. The van der Waals surface area contributed by atoms with Crippen molar-refractivity contribution in [2.75, 3.05) is 13.2 Å². The molecule has 0 aliphatic heterocycles. The van der Waals surface area contributed by atoms with Crippen LogP contribution in [-0.2, 0) is 18.6 Å². The van der Waals surface area contributed by atoms with E-state index in [2.05, 4.69) is 11.4 Å². The minimum absolute atomic E-state index is 0.278. The molecule has 0 unspecified atom stereocenters. The largest absolute Gasteiger partial charge is 0.469 e. The quantitative estimate of drug-likeness (QED) is 0.200. The first-order valence-corrected chi connectivity index (χ1v) is 11.0. The van der Waals surface area contributed by atoms with E-state index in [1.54, 1.807) is 0 Å². The fourth-order valence-corrected chi connectivity index (χ4v) is 2.82. The molecule has 0 aliphatic rings. The molecule has 150 valence electrons. The average molecular weight is 381 g/mol. The van der Waals surface area contributed by atoms with Gasteiger partial charge in [-0.15, -0.1) is 0 Å². The van der Waals surface area contributed by atoms with Crippen molar-refractivity contribution >= 4 is 13.8 Å². The summed E-state index contributed by atoms with van der Waals surface area (Å²) in [6.45, 7) is 1.96. The molecular formula is C17H36NO6P. The summed E-state index contributed by atoms with van der Waals surface area (Å²) in [5.41, 5.74) is 5.43. The van der Waals surface area contributed by atoms with Crippen molar-refractivity contribution in [2.24, 2.45) is 5.73 Å². The van der Waals surface area contributed by atoms with Crippen LogP contribution < -0.4 is 5.73 Å². The third-order valence-corrected chi connectivity index (χ3v) is 4.45. The van der Waals surface area contributed by atoms with E-state index in [1.807, 2.05) is 0 Å². The standard InChI is InChI=1S/C17H36NO6P/c1-2-3-4-5-6-7-8-9-10-11-12-13-14-23-17(19)16(18)15-24-25(20,21)22/h16H,2-15,18H2,1H3,(H2,20,21,22)/t16-/m1/s1. The maximum absolute atomic E-state index is 11.5. The van der Waals surface area contributed by atoms with Gasteiger partial charge in [0.05, 0.1) is 13.2 Å². The lowest BCUT2D eigenvalue weighted by atomic mass is 10.1. The van der Waals surface area contributed by atoms with E-state index < -0.39 is 26.4 Å². The molecule has 8 heteroatoms. The second-order valence-corrected chi connectivity index (χ2v) is 7.69. The van der Waals surface area contributed by atoms with Crippen molar-refractivity contribution in [2.45, 2.75) is 90.0 Å². The maximum atomic E-state index is 11.5. The second kappa shape index (κ2) is 15.8. The van der Waals surface area contributed by atoms with E-state index in [4.69, 9.17) is 20.3 Å². The van der Waals surface area contributed by atoms with Crippen molar-refractivity contribution in [3.63, 3.8) is 0 Å². The Bertz CT molecular complexity index is 374. The summed E-state index contributed by atoms with van der Waals surface area (Å²) in [4.78, 5) is 28.5. The number of hydrogen-bond acceptors (Lipinski definition) is 5. The van der Waals surface area contributed by atoms with Crippen LogP contribution in [0.4, 0.5) is 0 Å². The lowest BCUT2D eigenvalue weighted by molar-refractivity contribution is -0.146. The molecule has 0 fully saturated rings. The van der Waals surface area contributed by atoms with E-state index >= 15 is 0 Å². The normalized spacial score (nSPS) is 13.0. The molecule has 0 radical (unpaired) electrons. The number of phosphoric acid groups is 1. The molecule has 0 bridgehead atoms. The summed E-state index contributed by atoms with van der Waals surface area (Å²) < 4.78 is 19.6. The second-order valence-electron chi connectivity index (χ2n) is 6.45. The van der Waals surface area contributed by atoms with E-state index in [0.29, 0.717) is 0 Å².